The van der Waals surface area contributed by atoms with Gasteiger partial charge in [0.25, 0.3) is 0 Å². The zero-order chi connectivity index (χ0) is 24.2. The Morgan fingerprint density at radius 2 is 1.58 bits per heavy atom. The Balaban J connectivity index is 1.89. The summed E-state index contributed by atoms with van der Waals surface area (Å²) in [5, 5.41) is 1.84. The van der Waals surface area contributed by atoms with Gasteiger partial charge < -0.3 is 9.47 Å². The topological polar surface area (TPSA) is 62.6 Å². The van der Waals surface area contributed by atoms with Crippen molar-refractivity contribution in [2.75, 3.05) is 19.6 Å². The quantitative estimate of drug-likeness (QED) is 0.439. The third-order valence-corrected chi connectivity index (χ3v) is 7.39. The van der Waals surface area contributed by atoms with Crippen molar-refractivity contribution in [3.63, 3.8) is 0 Å². The molecule has 6 nitrogen and oxygen atoms in total. The molecule has 0 atom stereocenters. The lowest BCUT2D eigenvalue weighted by atomic mass is 10.1. The zero-order valence-corrected chi connectivity index (χ0v) is 21.0. The molecule has 0 radical (unpaired) electrons. The average molecular weight is 470 g/mol. The van der Waals surface area contributed by atoms with E-state index in [0.717, 1.165) is 16.5 Å². The van der Waals surface area contributed by atoms with Gasteiger partial charge in [-0.3, -0.25) is 4.79 Å². The van der Waals surface area contributed by atoms with Gasteiger partial charge in [0.2, 0.25) is 15.9 Å². The Morgan fingerprint density at radius 3 is 2.18 bits per heavy atom. The molecule has 0 aliphatic heterocycles. The van der Waals surface area contributed by atoms with Crippen LogP contribution in [-0.4, -0.2) is 47.7 Å². The summed E-state index contributed by atoms with van der Waals surface area (Å²) in [6.45, 7) is 9.16. The van der Waals surface area contributed by atoms with Crippen LogP contribution in [0.3, 0.4) is 0 Å². The first-order valence-corrected chi connectivity index (χ1v) is 12.9. The first kappa shape index (κ1) is 25.0. The fourth-order valence-electron chi connectivity index (χ4n) is 3.93. The SMILES string of the molecule is CC(C)CN(Cc1cccn1C)C(=O)CN(CC(C)C)S(=O)(=O)c1ccc2ccccc2c1. The van der Waals surface area contributed by atoms with E-state index in [0.29, 0.717) is 13.1 Å². The summed E-state index contributed by atoms with van der Waals surface area (Å²) in [6, 6.07) is 16.7. The first-order valence-electron chi connectivity index (χ1n) is 11.4. The van der Waals surface area contributed by atoms with Crippen molar-refractivity contribution < 1.29 is 13.2 Å². The average Bonchev–Trinajstić information content (AvgIpc) is 3.16. The molecule has 1 heterocycles. The number of nitrogens with zero attached hydrogens (tertiary/aromatic N) is 3. The Kier molecular flexibility index (Phi) is 7.97. The minimum atomic E-state index is -3.83. The van der Waals surface area contributed by atoms with Gasteiger partial charge in [-0.05, 0) is 46.9 Å². The number of hydrogen-bond donors (Lipinski definition) is 0. The predicted molar refractivity (Wildman–Crippen MR) is 133 cm³/mol. The molecule has 0 unspecified atom stereocenters. The molecule has 0 spiro atoms. The highest BCUT2D eigenvalue weighted by atomic mass is 32.2. The fraction of sp³-hybridized carbons (Fsp3) is 0.423. The van der Waals surface area contributed by atoms with Crippen LogP contribution in [0.1, 0.15) is 33.4 Å². The molecule has 1 aromatic heterocycles. The van der Waals surface area contributed by atoms with Crippen molar-refractivity contribution in [2.45, 2.75) is 39.1 Å². The smallest absolute Gasteiger partial charge is 0.243 e. The van der Waals surface area contributed by atoms with Gasteiger partial charge in [0.15, 0.2) is 0 Å². The fourth-order valence-corrected chi connectivity index (χ4v) is 5.52. The molecule has 0 saturated heterocycles. The van der Waals surface area contributed by atoms with Crippen molar-refractivity contribution in [2.24, 2.45) is 18.9 Å². The molecule has 1 amide bonds. The molecular weight excluding hydrogens is 434 g/mol. The molecule has 0 bridgehead atoms. The van der Waals surface area contributed by atoms with E-state index in [1.54, 1.807) is 17.0 Å². The third-order valence-electron chi connectivity index (χ3n) is 5.58. The van der Waals surface area contributed by atoms with Crippen LogP contribution in [0, 0.1) is 11.8 Å². The number of fused-ring (bicyclic) bond motifs is 1. The highest BCUT2D eigenvalue weighted by Gasteiger charge is 2.29. The number of carbonyl (C=O) groups is 1. The van der Waals surface area contributed by atoms with E-state index in [4.69, 9.17) is 0 Å². The molecule has 0 fully saturated rings. The van der Waals surface area contributed by atoms with Crippen LogP contribution in [0.25, 0.3) is 10.8 Å². The Bertz CT molecular complexity index is 1200. The summed E-state index contributed by atoms with van der Waals surface area (Å²) in [7, 11) is -1.89. The van der Waals surface area contributed by atoms with E-state index in [9.17, 15) is 13.2 Å². The molecule has 2 aromatic carbocycles. The van der Waals surface area contributed by atoms with E-state index >= 15 is 0 Å². The Morgan fingerprint density at radius 1 is 0.909 bits per heavy atom. The standard InChI is InChI=1S/C26H35N3O3S/c1-20(2)16-28(18-24-11-8-14-27(24)5)26(30)19-29(17-21(3)4)33(31,32)25-13-12-22-9-6-7-10-23(22)15-25/h6-15,20-21H,16-19H2,1-5H3. The van der Waals surface area contributed by atoms with Crippen LogP contribution in [0.15, 0.2) is 65.7 Å². The van der Waals surface area contributed by atoms with Crippen LogP contribution < -0.4 is 0 Å². The highest BCUT2D eigenvalue weighted by molar-refractivity contribution is 7.89. The van der Waals surface area contributed by atoms with E-state index < -0.39 is 10.0 Å². The van der Waals surface area contributed by atoms with Gasteiger partial charge in [0.1, 0.15) is 0 Å². The molecule has 3 rings (SSSR count). The van der Waals surface area contributed by atoms with Crippen LogP contribution in [0.4, 0.5) is 0 Å². The molecule has 0 aliphatic carbocycles. The summed E-state index contributed by atoms with van der Waals surface area (Å²) in [5.41, 5.74) is 1.01. The van der Waals surface area contributed by atoms with Gasteiger partial charge in [-0.2, -0.15) is 4.31 Å². The Hall–Kier alpha value is -2.64. The molecule has 33 heavy (non-hydrogen) atoms. The van der Waals surface area contributed by atoms with E-state index in [-0.39, 0.29) is 35.7 Å². The maximum absolute atomic E-state index is 13.6. The molecule has 3 aromatic rings. The van der Waals surface area contributed by atoms with Crippen LogP contribution >= 0.6 is 0 Å². The number of hydrogen-bond acceptors (Lipinski definition) is 3. The maximum atomic E-state index is 13.6. The number of rotatable bonds is 10. The Labute approximate surface area is 197 Å². The number of benzene rings is 2. The summed E-state index contributed by atoms with van der Waals surface area (Å²) >= 11 is 0. The van der Waals surface area contributed by atoms with Gasteiger partial charge >= 0.3 is 0 Å². The van der Waals surface area contributed by atoms with Crippen LogP contribution in [0.2, 0.25) is 0 Å². The molecule has 7 heteroatoms. The number of aryl methyl sites for hydroxylation is 1. The van der Waals surface area contributed by atoms with Crippen molar-refractivity contribution in [3.8, 4) is 0 Å². The first-order chi connectivity index (χ1) is 15.6. The van der Waals surface area contributed by atoms with Crippen LogP contribution in [-0.2, 0) is 28.4 Å². The van der Waals surface area contributed by atoms with E-state index in [2.05, 4.69) is 13.8 Å². The summed E-state index contributed by atoms with van der Waals surface area (Å²) in [6.07, 6.45) is 1.95. The highest BCUT2D eigenvalue weighted by Crippen LogP contribution is 2.23. The summed E-state index contributed by atoms with van der Waals surface area (Å²) in [4.78, 5) is 15.4. The second-order valence-corrected chi connectivity index (χ2v) is 11.4. The van der Waals surface area contributed by atoms with Crippen molar-refractivity contribution >= 4 is 26.7 Å². The normalized spacial score (nSPS) is 12.2. The predicted octanol–water partition coefficient (Wildman–Crippen LogP) is 4.51. The number of amides is 1. The van der Waals surface area contributed by atoms with Gasteiger partial charge in [-0.1, -0.05) is 58.0 Å². The third kappa shape index (κ3) is 6.24. The van der Waals surface area contributed by atoms with Gasteiger partial charge in [-0.25, -0.2) is 8.42 Å². The largest absolute Gasteiger partial charge is 0.353 e. The van der Waals surface area contributed by atoms with Gasteiger partial charge in [0.05, 0.1) is 18.0 Å². The van der Waals surface area contributed by atoms with Gasteiger partial charge in [0, 0.05) is 32.0 Å². The van der Waals surface area contributed by atoms with Crippen molar-refractivity contribution in [3.05, 3.63) is 66.5 Å². The van der Waals surface area contributed by atoms with E-state index in [1.165, 1.54) is 4.31 Å². The lowest BCUT2D eigenvalue weighted by Gasteiger charge is -2.29. The lowest BCUT2D eigenvalue weighted by Crippen LogP contribution is -2.45. The summed E-state index contributed by atoms with van der Waals surface area (Å²) in [5.74, 6) is 0.166. The van der Waals surface area contributed by atoms with Crippen LogP contribution in [0.5, 0.6) is 0 Å². The zero-order valence-electron chi connectivity index (χ0n) is 20.2. The van der Waals surface area contributed by atoms with Gasteiger partial charge in [-0.15, -0.1) is 0 Å². The minimum Gasteiger partial charge on any atom is -0.353 e. The summed E-state index contributed by atoms with van der Waals surface area (Å²) < 4.78 is 30.5. The molecular formula is C26H35N3O3S. The van der Waals surface area contributed by atoms with Crippen molar-refractivity contribution in [1.29, 1.82) is 0 Å². The minimum absolute atomic E-state index is 0.0828. The number of sulfonamides is 1. The molecule has 0 N–H and O–H groups in total. The number of aromatic nitrogens is 1. The maximum Gasteiger partial charge on any atom is 0.243 e. The second kappa shape index (κ2) is 10.5. The molecule has 178 valence electrons. The van der Waals surface area contributed by atoms with E-state index in [1.807, 2.05) is 74.1 Å². The lowest BCUT2D eigenvalue weighted by molar-refractivity contribution is -0.132. The number of carbonyl (C=O) groups excluding carboxylic acids is 1. The monoisotopic (exact) mass is 469 g/mol. The molecule has 0 saturated carbocycles. The molecule has 0 aliphatic rings. The second-order valence-electron chi connectivity index (χ2n) is 9.48. The van der Waals surface area contributed by atoms with Crippen molar-refractivity contribution in [1.82, 2.24) is 13.8 Å².